The number of ether oxygens (including phenoxy) is 1. The van der Waals surface area contributed by atoms with Crippen molar-refractivity contribution in [1.82, 2.24) is 9.88 Å². The third-order valence-electron chi connectivity index (χ3n) is 4.18. The Hall–Kier alpha value is -2.44. The number of benzene rings is 2. The monoisotopic (exact) mass is 369 g/mol. The highest BCUT2D eigenvalue weighted by Gasteiger charge is 2.19. The van der Waals surface area contributed by atoms with E-state index >= 15 is 0 Å². The lowest BCUT2D eigenvalue weighted by Gasteiger charge is -2.22. The van der Waals surface area contributed by atoms with Crippen molar-refractivity contribution in [2.45, 2.75) is 19.9 Å². The molecule has 0 fully saturated rings. The van der Waals surface area contributed by atoms with E-state index in [0.29, 0.717) is 18.0 Å². The number of carbonyl (C=O) groups excluding carboxylic acids is 1. The number of rotatable bonds is 7. The smallest absolute Gasteiger partial charge is 0.238 e. The van der Waals surface area contributed by atoms with E-state index in [2.05, 4.69) is 23.3 Å². The van der Waals surface area contributed by atoms with Crippen LogP contribution in [0.4, 0.5) is 5.69 Å². The Balaban J connectivity index is 1.65. The van der Waals surface area contributed by atoms with Crippen molar-refractivity contribution in [1.29, 1.82) is 0 Å². The number of para-hydroxylation sites is 3. The molecule has 26 heavy (non-hydrogen) atoms. The SMILES string of the molecule is CCOc1ccccc1NC(=O)CN(C)[C@H](C)c1nc2ccccc2s1. The van der Waals surface area contributed by atoms with Crippen molar-refractivity contribution < 1.29 is 9.53 Å². The van der Waals surface area contributed by atoms with Crippen LogP contribution in [0.3, 0.4) is 0 Å². The molecular formula is C20H23N3O2S. The third-order valence-corrected chi connectivity index (χ3v) is 5.39. The Morgan fingerprint density at radius 3 is 2.73 bits per heavy atom. The number of anilines is 1. The van der Waals surface area contributed by atoms with Gasteiger partial charge in [-0.2, -0.15) is 0 Å². The number of hydrogen-bond acceptors (Lipinski definition) is 5. The van der Waals surface area contributed by atoms with E-state index in [4.69, 9.17) is 4.74 Å². The Kier molecular flexibility index (Phi) is 5.85. The van der Waals surface area contributed by atoms with Crippen LogP contribution in [0.5, 0.6) is 5.75 Å². The summed E-state index contributed by atoms with van der Waals surface area (Å²) in [6, 6.07) is 15.6. The van der Waals surface area contributed by atoms with Gasteiger partial charge >= 0.3 is 0 Å². The van der Waals surface area contributed by atoms with Gasteiger partial charge in [0, 0.05) is 0 Å². The summed E-state index contributed by atoms with van der Waals surface area (Å²) < 4.78 is 6.72. The van der Waals surface area contributed by atoms with E-state index in [9.17, 15) is 4.79 Å². The summed E-state index contributed by atoms with van der Waals surface area (Å²) in [6.07, 6.45) is 0. The minimum atomic E-state index is -0.0763. The maximum absolute atomic E-state index is 12.5. The summed E-state index contributed by atoms with van der Waals surface area (Å²) in [7, 11) is 1.94. The van der Waals surface area contributed by atoms with Crippen molar-refractivity contribution >= 4 is 33.1 Å². The zero-order chi connectivity index (χ0) is 18.5. The first-order valence-electron chi connectivity index (χ1n) is 8.66. The van der Waals surface area contributed by atoms with Crippen molar-refractivity contribution in [2.75, 3.05) is 25.5 Å². The number of amides is 1. The van der Waals surface area contributed by atoms with Crippen LogP contribution in [0.2, 0.25) is 0 Å². The summed E-state index contributed by atoms with van der Waals surface area (Å²) in [5.41, 5.74) is 1.70. The number of carbonyl (C=O) groups is 1. The first-order valence-corrected chi connectivity index (χ1v) is 9.47. The minimum Gasteiger partial charge on any atom is -0.492 e. The van der Waals surface area contributed by atoms with Gasteiger partial charge < -0.3 is 10.1 Å². The number of hydrogen-bond donors (Lipinski definition) is 1. The first kappa shape index (κ1) is 18.4. The number of nitrogens with one attached hydrogen (secondary N) is 1. The number of fused-ring (bicyclic) bond motifs is 1. The second-order valence-electron chi connectivity index (χ2n) is 6.09. The molecule has 0 aliphatic carbocycles. The molecule has 0 unspecified atom stereocenters. The quantitative estimate of drug-likeness (QED) is 0.674. The molecular weight excluding hydrogens is 346 g/mol. The van der Waals surface area contributed by atoms with Gasteiger partial charge in [0.25, 0.3) is 0 Å². The molecule has 0 saturated heterocycles. The Labute approximate surface area is 157 Å². The van der Waals surface area contributed by atoms with E-state index in [1.54, 1.807) is 11.3 Å². The zero-order valence-corrected chi connectivity index (χ0v) is 16.0. The first-order chi connectivity index (χ1) is 12.6. The third kappa shape index (κ3) is 4.20. The lowest BCUT2D eigenvalue weighted by molar-refractivity contribution is -0.117. The molecule has 0 aliphatic heterocycles. The fourth-order valence-electron chi connectivity index (χ4n) is 2.66. The molecule has 0 bridgehead atoms. The largest absolute Gasteiger partial charge is 0.492 e. The van der Waals surface area contributed by atoms with Crippen LogP contribution < -0.4 is 10.1 Å². The van der Waals surface area contributed by atoms with Crippen LogP contribution in [0.25, 0.3) is 10.2 Å². The number of thiazole rings is 1. The van der Waals surface area contributed by atoms with Gasteiger partial charge in [0.05, 0.1) is 35.1 Å². The molecule has 1 atom stereocenters. The predicted octanol–water partition coefficient (Wildman–Crippen LogP) is 4.33. The lowest BCUT2D eigenvalue weighted by atomic mass is 10.2. The molecule has 0 radical (unpaired) electrons. The number of likely N-dealkylation sites (N-methyl/N-ethyl adjacent to an activating group) is 1. The van der Waals surface area contributed by atoms with Gasteiger partial charge in [-0.15, -0.1) is 11.3 Å². The molecule has 136 valence electrons. The summed E-state index contributed by atoms with van der Waals surface area (Å²) in [5, 5.41) is 3.95. The molecule has 0 spiro atoms. The van der Waals surface area contributed by atoms with E-state index in [1.807, 2.05) is 61.3 Å². The van der Waals surface area contributed by atoms with Gasteiger partial charge in [0.15, 0.2) is 0 Å². The van der Waals surface area contributed by atoms with Gasteiger partial charge in [-0.05, 0) is 45.2 Å². The number of aromatic nitrogens is 1. The molecule has 6 heteroatoms. The Morgan fingerprint density at radius 2 is 1.96 bits per heavy atom. The van der Waals surface area contributed by atoms with Crippen LogP contribution >= 0.6 is 11.3 Å². The molecule has 2 aromatic carbocycles. The van der Waals surface area contributed by atoms with Crippen molar-refractivity contribution in [3.05, 3.63) is 53.5 Å². The van der Waals surface area contributed by atoms with Crippen molar-refractivity contribution in [3.8, 4) is 5.75 Å². The average Bonchev–Trinajstić information content (AvgIpc) is 3.07. The second kappa shape index (κ2) is 8.29. The highest BCUT2D eigenvalue weighted by atomic mass is 32.1. The van der Waals surface area contributed by atoms with Crippen molar-refractivity contribution in [3.63, 3.8) is 0 Å². The minimum absolute atomic E-state index is 0.0558. The average molecular weight is 369 g/mol. The maximum atomic E-state index is 12.5. The van der Waals surface area contributed by atoms with Crippen LogP contribution in [0.15, 0.2) is 48.5 Å². The van der Waals surface area contributed by atoms with Crippen LogP contribution in [-0.2, 0) is 4.79 Å². The van der Waals surface area contributed by atoms with Gasteiger partial charge in [-0.25, -0.2) is 4.98 Å². The van der Waals surface area contributed by atoms with Gasteiger partial charge in [0.2, 0.25) is 5.91 Å². The highest BCUT2D eigenvalue weighted by molar-refractivity contribution is 7.18. The lowest BCUT2D eigenvalue weighted by Crippen LogP contribution is -2.32. The summed E-state index contributed by atoms with van der Waals surface area (Å²) in [6.45, 7) is 4.82. The molecule has 1 aromatic heterocycles. The topological polar surface area (TPSA) is 54.5 Å². The molecule has 0 saturated carbocycles. The molecule has 1 heterocycles. The molecule has 0 aliphatic rings. The van der Waals surface area contributed by atoms with Crippen molar-refractivity contribution in [2.24, 2.45) is 0 Å². The maximum Gasteiger partial charge on any atom is 0.238 e. The summed E-state index contributed by atoms with van der Waals surface area (Å²) >= 11 is 1.67. The van der Waals surface area contributed by atoms with Gasteiger partial charge in [-0.3, -0.25) is 9.69 Å². The Bertz CT molecular complexity index is 860. The van der Waals surface area contributed by atoms with Gasteiger partial charge in [0.1, 0.15) is 10.8 Å². The summed E-state index contributed by atoms with van der Waals surface area (Å²) in [4.78, 5) is 19.1. The fraction of sp³-hybridized carbons (Fsp3) is 0.300. The van der Waals surface area contributed by atoms with Crippen LogP contribution in [-0.4, -0.2) is 36.0 Å². The van der Waals surface area contributed by atoms with E-state index in [1.165, 1.54) is 0 Å². The Morgan fingerprint density at radius 1 is 1.23 bits per heavy atom. The summed E-state index contributed by atoms with van der Waals surface area (Å²) in [5.74, 6) is 0.609. The zero-order valence-electron chi connectivity index (χ0n) is 15.2. The fourth-order valence-corrected chi connectivity index (χ4v) is 3.75. The molecule has 1 amide bonds. The molecule has 3 aromatic rings. The van der Waals surface area contributed by atoms with Gasteiger partial charge in [-0.1, -0.05) is 24.3 Å². The normalized spacial score (nSPS) is 12.3. The second-order valence-corrected chi connectivity index (χ2v) is 7.15. The highest BCUT2D eigenvalue weighted by Crippen LogP contribution is 2.29. The standard InChI is InChI=1S/C20H23N3O2S/c1-4-25-17-11-7-5-9-15(17)21-19(24)13-23(3)14(2)20-22-16-10-6-8-12-18(16)26-20/h5-12,14H,4,13H2,1-3H3,(H,21,24)/t14-/m1/s1. The molecule has 1 N–H and O–H groups in total. The molecule has 5 nitrogen and oxygen atoms in total. The van der Waals surface area contributed by atoms with Crippen LogP contribution in [0.1, 0.15) is 24.9 Å². The van der Waals surface area contributed by atoms with E-state index < -0.39 is 0 Å². The predicted molar refractivity (Wildman–Crippen MR) is 107 cm³/mol. The van der Waals surface area contributed by atoms with E-state index in [0.717, 1.165) is 15.2 Å². The number of nitrogens with zero attached hydrogens (tertiary/aromatic N) is 2. The van der Waals surface area contributed by atoms with E-state index in [-0.39, 0.29) is 18.5 Å². The van der Waals surface area contributed by atoms with Crippen LogP contribution in [0, 0.1) is 0 Å². The molecule has 3 rings (SSSR count).